The molecule has 1 amide bonds. The highest BCUT2D eigenvalue weighted by atomic mass is 16.3. The molecule has 1 saturated heterocycles. The maximum absolute atomic E-state index is 12.6. The van der Waals surface area contributed by atoms with Crippen molar-refractivity contribution in [3.05, 3.63) is 47.7 Å². The molecule has 1 aromatic carbocycles. The first-order valence-corrected chi connectivity index (χ1v) is 8.91. The Balaban J connectivity index is 1.64. The Kier molecular flexibility index (Phi) is 5.71. The van der Waals surface area contributed by atoms with Crippen molar-refractivity contribution in [3.63, 3.8) is 0 Å². The van der Waals surface area contributed by atoms with Gasteiger partial charge in [0.25, 0.3) is 5.91 Å². The lowest BCUT2D eigenvalue weighted by Crippen LogP contribution is -2.34. The number of amides is 1. The Morgan fingerprint density at radius 2 is 1.80 bits per heavy atom. The van der Waals surface area contributed by atoms with Crippen LogP contribution in [0.5, 0.6) is 5.75 Å². The maximum atomic E-state index is 12.6. The van der Waals surface area contributed by atoms with Crippen LogP contribution in [0.1, 0.15) is 60.1 Å². The third-order valence-electron chi connectivity index (χ3n) is 4.59. The number of aromatic nitrogens is 1. The standard InChI is InChI=1S/C19H25N3O3/c20-16(12-14-6-8-15(23)9-7-14)18-21-17(13-25-18)19(24)22-10-4-2-1-3-5-11-22/h6-9,13,16,23H,1-5,10-12,20H2. The molecule has 2 heterocycles. The second kappa shape index (κ2) is 8.16. The van der Waals surface area contributed by atoms with E-state index >= 15 is 0 Å². The first kappa shape index (κ1) is 17.5. The number of hydrogen-bond acceptors (Lipinski definition) is 5. The minimum Gasteiger partial charge on any atom is -0.508 e. The molecule has 1 fully saturated rings. The highest BCUT2D eigenvalue weighted by Crippen LogP contribution is 2.19. The molecule has 134 valence electrons. The molecule has 1 atom stereocenters. The fraction of sp³-hybridized carbons (Fsp3) is 0.474. The molecule has 2 aromatic rings. The van der Waals surface area contributed by atoms with Crippen LogP contribution in [0, 0.1) is 0 Å². The number of carbonyl (C=O) groups is 1. The Hall–Kier alpha value is -2.34. The number of hydrogen-bond donors (Lipinski definition) is 2. The highest BCUT2D eigenvalue weighted by Gasteiger charge is 2.22. The fourth-order valence-electron chi connectivity index (χ4n) is 3.14. The van der Waals surface area contributed by atoms with Gasteiger partial charge in [0.2, 0.25) is 5.89 Å². The van der Waals surface area contributed by atoms with E-state index in [4.69, 9.17) is 10.2 Å². The van der Waals surface area contributed by atoms with Crippen molar-refractivity contribution in [1.29, 1.82) is 0 Å². The summed E-state index contributed by atoms with van der Waals surface area (Å²) in [6, 6.07) is 6.43. The number of carbonyl (C=O) groups excluding carboxylic acids is 1. The second-order valence-electron chi connectivity index (χ2n) is 6.61. The van der Waals surface area contributed by atoms with Crippen LogP contribution >= 0.6 is 0 Å². The summed E-state index contributed by atoms with van der Waals surface area (Å²) in [6.07, 6.45) is 7.61. The number of benzene rings is 1. The molecule has 1 aromatic heterocycles. The van der Waals surface area contributed by atoms with Crippen LogP contribution in [0.2, 0.25) is 0 Å². The number of likely N-dealkylation sites (tertiary alicyclic amines) is 1. The third kappa shape index (κ3) is 4.60. The summed E-state index contributed by atoms with van der Waals surface area (Å²) in [5, 5.41) is 9.33. The van der Waals surface area contributed by atoms with Crippen LogP contribution < -0.4 is 5.73 Å². The molecule has 25 heavy (non-hydrogen) atoms. The van der Waals surface area contributed by atoms with Crippen LogP contribution in [-0.2, 0) is 6.42 Å². The van der Waals surface area contributed by atoms with E-state index in [0.717, 1.165) is 31.5 Å². The summed E-state index contributed by atoms with van der Waals surface area (Å²) in [7, 11) is 0. The van der Waals surface area contributed by atoms with Crippen LogP contribution in [0.15, 0.2) is 34.9 Å². The quantitative estimate of drug-likeness (QED) is 0.890. The number of nitrogens with zero attached hydrogens (tertiary/aromatic N) is 2. The number of rotatable bonds is 4. The second-order valence-corrected chi connectivity index (χ2v) is 6.61. The summed E-state index contributed by atoms with van der Waals surface area (Å²) in [4.78, 5) is 18.8. The van der Waals surface area contributed by atoms with Gasteiger partial charge in [-0.3, -0.25) is 4.79 Å². The van der Waals surface area contributed by atoms with E-state index in [9.17, 15) is 9.90 Å². The van der Waals surface area contributed by atoms with Crippen molar-refractivity contribution in [1.82, 2.24) is 9.88 Å². The van der Waals surface area contributed by atoms with Gasteiger partial charge in [-0.05, 0) is 37.0 Å². The largest absolute Gasteiger partial charge is 0.508 e. The van der Waals surface area contributed by atoms with Crippen molar-refractivity contribution in [2.45, 2.75) is 44.6 Å². The normalized spacial score (nSPS) is 16.9. The number of phenols is 1. The summed E-state index contributed by atoms with van der Waals surface area (Å²) in [5.74, 6) is 0.506. The Morgan fingerprint density at radius 1 is 1.16 bits per heavy atom. The lowest BCUT2D eigenvalue weighted by molar-refractivity contribution is 0.0736. The van der Waals surface area contributed by atoms with E-state index in [0.29, 0.717) is 18.0 Å². The molecule has 0 saturated carbocycles. The van der Waals surface area contributed by atoms with Crippen molar-refractivity contribution in [2.24, 2.45) is 5.73 Å². The Morgan fingerprint density at radius 3 is 2.48 bits per heavy atom. The van der Waals surface area contributed by atoms with E-state index in [1.165, 1.54) is 25.5 Å². The zero-order valence-corrected chi connectivity index (χ0v) is 14.4. The van der Waals surface area contributed by atoms with Gasteiger partial charge in [-0.15, -0.1) is 0 Å². The third-order valence-corrected chi connectivity index (χ3v) is 4.59. The summed E-state index contributed by atoms with van der Waals surface area (Å²) >= 11 is 0. The maximum Gasteiger partial charge on any atom is 0.275 e. The molecule has 0 spiro atoms. The van der Waals surface area contributed by atoms with Gasteiger partial charge < -0.3 is 20.2 Å². The minimum absolute atomic E-state index is 0.0752. The predicted molar refractivity (Wildman–Crippen MR) is 94.2 cm³/mol. The van der Waals surface area contributed by atoms with Crippen LogP contribution in [-0.4, -0.2) is 34.0 Å². The van der Waals surface area contributed by atoms with Crippen LogP contribution in [0.4, 0.5) is 0 Å². The van der Waals surface area contributed by atoms with E-state index in [1.54, 1.807) is 12.1 Å². The number of oxazole rings is 1. The molecular formula is C19H25N3O3. The smallest absolute Gasteiger partial charge is 0.275 e. The van der Waals surface area contributed by atoms with Gasteiger partial charge in [0, 0.05) is 13.1 Å². The molecule has 6 heteroatoms. The molecule has 3 N–H and O–H groups in total. The summed E-state index contributed by atoms with van der Waals surface area (Å²) in [5.41, 5.74) is 7.46. The van der Waals surface area contributed by atoms with Crippen molar-refractivity contribution >= 4 is 5.91 Å². The molecule has 0 aliphatic carbocycles. The van der Waals surface area contributed by atoms with Crippen LogP contribution in [0.25, 0.3) is 0 Å². The summed E-state index contributed by atoms with van der Waals surface area (Å²) in [6.45, 7) is 1.56. The molecule has 1 aliphatic heterocycles. The molecule has 0 radical (unpaired) electrons. The molecular weight excluding hydrogens is 318 g/mol. The van der Waals surface area contributed by atoms with Gasteiger partial charge in [-0.25, -0.2) is 4.98 Å². The number of nitrogens with two attached hydrogens (primary N) is 1. The number of phenolic OH excluding ortho intramolecular Hbond substituents is 1. The molecule has 0 bridgehead atoms. The van der Waals surface area contributed by atoms with E-state index < -0.39 is 6.04 Å². The highest BCUT2D eigenvalue weighted by molar-refractivity contribution is 5.92. The van der Waals surface area contributed by atoms with Gasteiger partial charge in [0.05, 0.1) is 6.04 Å². The lowest BCUT2D eigenvalue weighted by atomic mass is 10.1. The molecule has 1 aliphatic rings. The zero-order valence-electron chi connectivity index (χ0n) is 14.4. The Bertz CT molecular complexity index is 688. The average Bonchev–Trinajstić information content (AvgIpc) is 3.06. The van der Waals surface area contributed by atoms with E-state index in [-0.39, 0.29) is 11.7 Å². The summed E-state index contributed by atoms with van der Waals surface area (Å²) < 4.78 is 5.46. The van der Waals surface area contributed by atoms with Gasteiger partial charge >= 0.3 is 0 Å². The first-order chi connectivity index (χ1) is 12.1. The van der Waals surface area contributed by atoms with Gasteiger partial charge in [0.1, 0.15) is 12.0 Å². The monoisotopic (exact) mass is 343 g/mol. The SMILES string of the molecule is NC(Cc1ccc(O)cc1)c1nc(C(=O)N2CCCCCCC2)co1. The van der Waals surface area contributed by atoms with Crippen molar-refractivity contribution < 1.29 is 14.3 Å². The molecule has 6 nitrogen and oxygen atoms in total. The predicted octanol–water partition coefficient (Wildman–Crippen LogP) is 3.03. The fourth-order valence-corrected chi connectivity index (χ4v) is 3.14. The van der Waals surface area contributed by atoms with Crippen molar-refractivity contribution in [3.8, 4) is 5.75 Å². The zero-order chi connectivity index (χ0) is 17.6. The molecule has 1 unspecified atom stereocenters. The van der Waals surface area contributed by atoms with Crippen LogP contribution in [0.3, 0.4) is 0 Å². The number of aromatic hydroxyl groups is 1. The first-order valence-electron chi connectivity index (χ1n) is 8.91. The van der Waals surface area contributed by atoms with Gasteiger partial charge in [0.15, 0.2) is 5.69 Å². The average molecular weight is 343 g/mol. The lowest BCUT2D eigenvalue weighted by Gasteiger charge is -2.23. The Labute approximate surface area is 147 Å². The molecule has 3 rings (SSSR count). The van der Waals surface area contributed by atoms with Gasteiger partial charge in [-0.1, -0.05) is 31.4 Å². The topological polar surface area (TPSA) is 92.6 Å². The minimum atomic E-state index is -0.432. The van der Waals surface area contributed by atoms with Crippen molar-refractivity contribution in [2.75, 3.05) is 13.1 Å². The van der Waals surface area contributed by atoms with Gasteiger partial charge in [-0.2, -0.15) is 0 Å². The van der Waals surface area contributed by atoms with E-state index in [2.05, 4.69) is 4.98 Å². The van der Waals surface area contributed by atoms with E-state index in [1.807, 2.05) is 17.0 Å².